The highest BCUT2D eigenvalue weighted by atomic mass is 16.6. The van der Waals surface area contributed by atoms with E-state index in [0.29, 0.717) is 23.8 Å². The molecule has 1 aromatic rings. The third-order valence-corrected chi connectivity index (χ3v) is 5.06. The lowest BCUT2D eigenvalue weighted by Crippen LogP contribution is -2.47. The number of ether oxygens (including phenoxy) is 1. The minimum absolute atomic E-state index is 0.0694. The van der Waals surface area contributed by atoms with Gasteiger partial charge in [0.05, 0.1) is 11.0 Å². The summed E-state index contributed by atoms with van der Waals surface area (Å²) >= 11 is 0. The molecule has 1 aromatic heterocycles. The fraction of sp³-hybridized carbons (Fsp3) is 0.706. The maximum Gasteiger partial charge on any atom is 0.290 e. The summed E-state index contributed by atoms with van der Waals surface area (Å²) in [7, 11) is 0. The Hall–Kier alpha value is -1.73. The Labute approximate surface area is 142 Å². The van der Waals surface area contributed by atoms with Crippen LogP contribution in [-0.4, -0.2) is 53.2 Å². The molecule has 0 unspecified atom stereocenters. The van der Waals surface area contributed by atoms with Crippen LogP contribution in [0, 0.1) is 23.0 Å². The molecule has 3 rings (SSSR count). The third kappa shape index (κ3) is 4.02. The van der Waals surface area contributed by atoms with E-state index < -0.39 is 4.92 Å². The molecule has 7 heteroatoms. The molecule has 0 amide bonds. The molecule has 7 nitrogen and oxygen atoms in total. The number of rotatable bonds is 5. The number of hydrogen-bond donors (Lipinski definition) is 1. The zero-order valence-corrected chi connectivity index (χ0v) is 14.4. The van der Waals surface area contributed by atoms with Gasteiger partial charge in [-0.05, 0) is 38.2 Å². The van der Waals surface area contributed by atoms with E-state index in [1.165, 1.54) is 18.9 Å². The molecule has 0 bridgehead atoms. The predicted molar refractivity (Wildman–Crippen MR) is 92.2 cm³/mol. The first kappa shape index (κ1) is 17.1. The number of piperidine rings is 1. The van der Waals surface area contributed by atoms with Gasteiger partial charge < -0.3 is 15.0 Å². The van der Waals surface area contributed by atoms with Gasteiger partial charge in [0.1, 0.15) is 11.5 Å². The summed E-state index contributed by atoms with van der Waals surface area (Å²) in [6.07, 6.45) is 3.81. The van der Waals surface area contributed by atoms with Crippen molar-refractivity contribution in [2.24, 2.45) is 5.92 Å². The van der Waals surface area contributed by atoms with E-state index in [1.807, 2.05) is 0 Å². The smallest absolute Gasteiger partial charge is 0.290 e. The number of nitro groups is 1. The van der Waals surface area contributed by atoms with E-state index in [0.717, 1.165) is 38.5 Å². The maximum absolute atomic E-state index is 10.9. The van der Waals surface area contributed by atoms with Crippen LogP contribution in [-0.2, 0) is 4.74 Å². The fourth-order valence-corrected chi connectivity index (χ4v) is 3.71. The minimum atomic E-state index is -0.391. The quantitative estimate of drug-likeness (QED) is 0.658. The molecule has 3 heterocycles. The van der Waals surface area contributed by atoms with Crippen LogP contribution >= 0.6 is 0 Å². The lowest BCUT2D eigenvalue weighted by Gasteiger charge is -2.38. The fourth-order valence-electron chi connectivity index (χ4n) is 3.71. The molecule has 24 heavy (non-hydrogen) atoms. The van der Waals surface area contributed by atoms with Crippen LogP contribution in [0.25, 0.3) is 0 Å². The van der Waals surface area contributed by atoms with Crippen LogP contribution in [0.2, 0.25) is 0 Å². The topological polar surface area (TPSA) is 80.5 Å². The van der Waals surface area contributed by atoms with E-state index in [2.05, 4.69) is 22.1 Å². The predicted octanol–water partition coefficient (Wildman–Crippen LogP) is 2.60. The molecular formula is C17H26N4O3. The number of aryl methyl sites for hydroxylation is 1. The van der Waals surface area contributed by atoms with Crippen LogP contribution < -0.4 is 5.32 Å². The number of hydrogen-bond acceptors (Lipinski definition) is 6. The molecule has 1 N–H and O–H groups in total. The zero-order chi connectivity index (χ0) is 17.1. The molecule has 0 saturated carbocycles. The van der Waals surface area contributed by atoms with Gasteiger partial charge in [-0.1, -0.05) is 6.92 Å². The summed E-state index contributed by atoms with van der Waals surface area (Å²) in [5.41, 5.74) is 0.522. The van der Waals surface area contributed by atoms with Crippen molar-refractivity contribution in [2.75, 3.05) is 31.6 Å². The molecule has 0 aromatic carbocycles. The van der Waals surface area contributed by atoms with Crippen molar-refractivity contribution in [1.29, 1.82) is 0 Å². The second-order valence-corrected chi connectivity index (χ2v) is 6.97. The van der Waals surface area contributed by atoms with Crippen LogP contribution in [0.5, 0.6) is 0 Å². The lowest BCUT2D eigenvalue weighted by atomic mass is 9.93. The average molecular weight is 334 g/mol. The van der Waals surface area contributed by atoms with E-state index in [4.69, 9.17) is 4.74 Å². The largest absolute Gasteiger partial charge is 0.377 e. The van der Waals surface area contributed by atoms with Crippen molar-refractivity contribution in [1.82, 2.24) is 9.88 Å². The Bertz CT molecular complexity index is 589. The third-order valence-electron chi connectivity index (χ3n) is 5.06. The van der Waals surface area contributed by atoms with Crippen LogP contribution in [0.1, 0.15) is 31.9 Å². The highest BCUT2D eigenvalue weighted by Gasteiger charge is 2.29. The van der Waals surface area contributed by atoms with Gasteiger partial charge in [0.25, 0.3) is 5.69 Å². The highest BCUT2D eigenvalue weighted by molar-refractivity contribution is 5.45. The SMILES string of the molecule is Cc1nc(N[C@@H]2CCN(C[C@@H]3CCCO3)C[C@@H]2C)ccc1[N+](=O)[O-]. The summed E-state index contributed by atoms with van der Waals surface area (Å²) in [6.45, 7) is 7.96. The van der Waals surface area contributed by atoms with E-state index in [1.54, 1.807) is 13.0 Å². The van der Waals surface area contributed by atoms with E-state index in [9.17, 15) is 10.1 Å². The first-order valence-electron chi connectivity index (χ1n) is 8.75. The van der Waals surface area contributed by atoms with Gasteiger partial charge in [0, 0.05) is 38.3 Å². The van der Waals surface area contributed by atoms with Gasteiger partial charge in [-0.15, -0.1) is 0 Å². The normalized spacial score (nSPS) is 28.0. The molecule has 2 saturated heterocycles. The zero-order valence-electron chi connectivity index (χ0n) is 14.4. The van der Waals surface area contributed by atoms with Crippen molar-refractivity contribution >= 4 is 11.5 Å². The monoisotopic (exact) mass is 334 g/mol. The van der Waals surface area contributed by atoms with Crippen molar-refractivity contribution in [3.8, 4) is 0 Å². The maximum atomic E-state index is 10.9. The molecular weight excluding hydrogens is 308 g/mol. The second-order valence-electron chi connectivity index (χ2n) is 6.97. The van der Waals surface area contributed by atoms with Crippen molar-refractivity contribution in [3.63, 3.8) is 0 Å². The number of nitrogens with one attached hydrogen (secondary N) is 1. The van der Waals surface area contributed by atoms with Crippen LogP contribution in [0.15, 0.2) is 12.1 Å². The number of nitrogens with zero attached hydrogens (tertiary/aromatic N) is 3. The summed E-state index contributed by atoms with van der Waals surface area (Å²) in [6, 6.07) is 3.58. The Morgan fingerprint density at radius 2 is 2.29 bits per heavy atom. The van der Waals surface area contributed by atoms with Crippen molar-refractivity contribution in [2.45, 2.75) is 45.3 Å². The average Bonchev–Trinajstić information content (AvgIpc) is 3.03. The first-order chi connectivity index (χ1) is 11.5. The van der Waals surface area contributed by atoms with E-state index >= 15 is 0 Å². The number of pyridine rings is 1. The molecule has 0 radical (unpaired) electrons. The summed E-state index contributed by atoms with van der Waals surface area (Å²) in [5, 5.41) is 14.3. The minimum Gasteiger partial charge on any atom is -0.377 e. The summed E-state index contributed by atoms with van der Waals surface area (Å²) in [4.78, 5) is 17.3. The molecule has 2 aliphatic rings. The summed E-state index contributed by atoms with van der Waals surface area (Å²) < 4.78 is 5.73. The standard InChI is InChI=1S/C17H26N4O3/c1-12-10-20(11-14-4-3-9-24-14)8-7-15(12)19-17-6-5-16(21(22)23)13(2)18-17/h5-6,12,14-15H,3-4,7-11H2,1-2H3,(H,18,19)/t12-,14-,15+/m0/s1. The molecule has 132 valence electrons. The van der Waals surface area contributed by atoms with Crippen LogP contribution in [0.4, 0.5) is 11.5 Å². The highest BCUT2D eigenvalue weighted by Crippen LogP contribution is 2.24. The lowest BCUT2D eigenvalue weighted by molar-refractivity contribution is -0.385. The van der Waals surface area contributed by atoms with Gasteiger partial charge in [-0.3, -0.25) is 10.1 Å². The molecule has 0 spiro atoms. The number of anilines is 1. The Kier molecular flexibility index (Phi) is 5.30. The Morgan fingerprint density at radius 1 is 1.46 bits per heavy atom. The van der Waals surface area contributed by atoms with Gasteiger partial charge >= 0.3 is 0 Å². The Balaban J connectivity index is 1.55. The van der Waals surface area contributed by atoms with Crippen molar-refractivity contribution in [3.05, 3.63) is 27.9 Å². The second kappa shape index (κ2) is 7.44. The van der Waals surface area contributed by atoms with Gasteiger partial charge in [-0.25, -0.2) is 4.98 Å². The molecule has 0 aliphatic carbocycles. The van der Waals surface area contributed by atoms with E-state index in [-0.39, 0.29) is 5.69 Å². The summed E-state index contributed by atoms with van der Waals surface area (Å²) in [5.74, 6) is 1.22. The Morgan fingerprint density at radius 3 is 2.92 bits per heavy atom. The van der Waals surface area contributed by atoms with Gasteiger partial charge in [0.15, 0.2) is 0 Å². The first-order valence-corrected chi connectivity index (χ1v) is 8.75. The molecule has 2 fully saturated rings. The molecule has 3 atom stereocenters. The van der Waals surface area contributed by atoms with Crippen LogP contribution in [0.3, 0.4) is 0 Å². The van der Waals surface area contributed by atoms with Crippen molar-refractivity contribution < 1.29 is 9.66 Å². The molecule has 2 aliphatic heterocycles. The number of likely N-dealkylation sites (tertiary alicyclic amines) is 1. The van der Waals surface area contributed by atoms with Gasteiger partial charge in [0.2, 0.25) is 0 Å². The number of aromatic nitrogens is 1. The van der Waals surface area contributed by atoms with Gasteiger partial charge in [-0.2, -0.15) is 0 Å².